The number of aryl methyl sites for hydroxylation is 1. The highest BCUT2D eigenvalue weighted by Gasteiger charge is 2.21. The fourth-order valence-electron chi connectivity index (χ4n) is 3.69. The molecule has 5 nitrogen and oxygen atoms in total. The van der Waals surface area contributed by atoms with E-state index < -0.39 is 0 Å². The van der Waals surface area contributed by atoms with E-state index in [1.165, 1.54) is 0 Å². The zero-order valence-corrected chi connectivity index (χ0v) is 18.2. The van der Waals surface area contributed by atoms with Crippen LogP contribution in [-0.2, 0) is 11.2 Å². The van der Waals surface area contributed by atoms with Crippen molar-refractivity contribution in [3.8, 4) is 17.2 Å². The Bertz CT molecular complexity index is 1020. The lowest BCUT2D eigenvalue weighted by atomic mass is 9.87. The second-order valence-corrected chi connectivity index (χ2v) is 7.52. The van der Waals surface area contributed by atoms with Crippen LogP contribution in [0.1, 0.15) is 34.6 Å². The van der Waals surface area contributed by atoms with Gasteiger partial charge in [-0.2, -0.15) is 0 Å². The topological polar surface area (TPSA) is 67.8 Å². The first-order chi connectivity index (χ1) is 15.0. The quantitative estimate of drug-likeness (QED) is 0.532. The highest BCUT2D eigenvalue weighted by atomic mass is 16.5. The van der Waals surface area contributed by atoms with Crippen molar-refractivity contribution in [1.29, 1.82) is 0 Å². The standard InChI is InChI=1S/C26H29NO4/c1-18-9-11-23(28)22(15-18)21(20-7-5-4-6-8-20)17-26(29)27-14-13-19-10-12-24(30-2)25(16-19)31-3/h4-12,15-16,21,28H,13-14,17H2,1-3H3,(H,27,29)/t21-/m1/s1. The van der Waals surface area contributed by atoms with Crippen LogP contribution in [0.4, 0.5) is 0 Å². The molecule has 2 N–H and O–H groups in total. The van der Waals surface area contributed by atoms with Gasteiger partial charge in [0.2, 0.25) is 5.91 Å². The monoisotopic (exact) mass is 419 g/mol. The third-order valence-electron chi connectivity index (χ3n) is 5.33. The maximum Gasteiger partial charge on any atom is 0.220 e. The maximum atomic E-state index is 12.8. The van der Waals surface area contributed by atoms with E-state index in [1.54, 1.807) is 20.3 Å². The first-order valence-corrected chi connectivity index (χ1v) is 10.3. The summed E-state index contributed by atoms with van der Waals surface area (Å²) in [4.78, 5) is 12.8. The number of aromatic hydroxyl groups is 1. The molecule has 1 atom stereocenters. The lowest BCUT2D eigenvalue weighted by molar-refractivity contribution is -0.121. The molecule has 0 bridgehead atoms. The van der Waals surface area contributed by atoms with Crippen molar-refractivity contribution in [3.05, 3.63) is 89.0 Å². The Balaban J connectivity index is 1.68. The molecule has 0 saturated heterocycles. The van der Waals surface area contributed by atoms with E-state index in [9.17, 15) is 9.90 Å². The molecule has 0 aliphatic carbocycles. The number of methoxy groups -OCH3 is 2. The van der Waals surface area contributed by atoms with Gasteiger partial charge in [0.15, 0.2) is 11.5 Å². The molecule has 0 radical (unpaired) electrons. The minimum atomic E-state index is -0.220. The van der Waals surface area contributed by atoms with E-state index in [2.05, 4.69) is 5.32 Å². The number of ether oxygens (including phenoxy) is 2. The van der Waals surface area contributed by atoms with Gasteiger partial charge in [0.05, 0.1) is 14.2 Å². The molecule has 5 heteroatoms. The number of phenolic OH excluding ortho intramolecular Hbond substituents is 1. The zero-order chi connectivity index (χ0) is 22.2. The number of amides is 1. The summed E-state index contributed by atoms with van der Waals surface area (Å²) in [6, 6.07) is 21.1. The fraction of sp³-hybridized carbons (Fsp3) is 0.269. The van der Waals surface area contributed by atoms with Gasteiger partial charge in [-0.25, -0.2) is 0 Å². The molecule has 0 unspecified atom stereocenters. The summed E-state index contributed by atoms with van der Waals surface area (Å²) in [6.07, 6.45) is 0.935. The van der Waals surface area contributed by atoms with E-state index >= 15 is 0 Å². The normalized spacial score (nSPS) is 11.6. The Hall–Kier alpha value is -3.47. The van der Waals surface area contributed by atoms with Crippen LogP contribution in [0.5, 0.6) is 17.2 Å². The van der Waals surface area contributed by atoms with Crippen molar-refractivity contribution < 1.29 is 19.4 Å². The van der Waals surface area contributed by atoms with Crippen molar-refractivity contribution in [2.24, 2.45) is 0 Å². The first kappa shape index (κ1) is 22.2. The Morgan fingerprint density at radius 1 is 0.968 bits per heavy atom. The number of carbonyl (C=O) groups excluding carboxylic acids is 1. The third kappa shape index (κ3) is 5.79. The van der Waals surface area contributed by atoms with Gasteiger partial charge >= 0.3 is 0 Å². The molecule has 0 aliphatic rings. The van der Waals surface area contributed by atoms with Crippen LogP contribution in [0.2, 0.25) is 0 Å². The highest BCUT2D eigenvalue weighted by molar-refractivity contribution is 5.77. The summed E-state index contributed by atoms with van der Waals surface area (Å²) >= 11 is 0. The van der Waals surface area contributed by atoms with Crippen molar-refractivity contribution in [1.82, 2.24) is 5.32 Å². The highest BCUT2D eigenvalue weighted by Crippen LogP contribution is 2.34. The van der Waals surface area contributed by atoms with Crippen LogP contribution in [0.15, 0.2) is 66.7 Å². The van der Waals surface area contributed by atoms with Crippen LogP contribution >= 0.6 is 0 Å². The molecule has 0 aromatic heterocycles. The Kier molecular flexibility index (Phi) is 7.55. The Morgan fingerprint density at radius 2 is 1.71 bits per heavy atom. The minimum Gasteiger partial charge on any atom is -0.508 e. The molecule has 0 heterocycles. The van der Waals surface area contributed by atoms with Crippen LogP contribution in [-0.4, -0.2) is 31.8 Å². The van der Waals surface area contributed by atoms with Gasteiger partial charge in [-0.3, -0.25) is 4.79 Å². The molecule has 162 valence electrons. The smallest absolute Gasteiger partial charge is 0.220 e. The summed E-state index contributed by atoms with van der Waals surface area (Å²) in [5.74, 6) is 1.28. The van der Waals surface area contributed by atoms with E-state index in [-0.39, 0.29) is 24.0 Å². The third-order valence-corrected chi connectivity index (χ3v) is 5.33. The molecular weight excluding hydrogens is 390 g/mol. The van der Waals surface area contributed by atoms with Crippen LogP contribution in [0.25, 0.3) is 0 Å². The summed E-state index contributed by atoms with van der Waals surface area (Å²) in [5, 5.41) is 13.5. The average molecular weight is 420 g/mol. The Labute approximate surface area is 183 Å². The predicted molar refractivity (Wildman–Crippen MR) is 122 cm³/mol. The SMILES string of the molecule is COc1ccc(CCNC(=O)C[C@H](c2ccccc2)c2cc(C)ccc2O)cc1OC. The van der Waals surface area contributed by atoms with Crippen molar-refractivity contribution >= 4 is 5.91 Å². The molecular formula is C26H29NO4. The molecule has 0 spiro atoms. The van der Waals surface area contributed by atoms with Gasteiger partial charge in [-0.1, -0.05) is 54.1 Å². The predicted octanol–water partition coefficient (Wildman–Crippen LogP) is 4.60. The van der Waals surface area contributed by atoms with Crippen molar-refractivity contribution in [3.63, 3.8) is 0 Å². The first-order valence-electron chi connectivity index (χ1n) is 10.3. The second kappa shape index (κ2) is 10.5. The summed E-state index contributed by atoms with van der Waals surface area (Å²) in [5.41, 5.74) is 3.86. The number of phenols is 1. The van der Waals surface area contributed by atoms with Gasteiger partial charge in [0.1, 0.15) is 5.75 Å². The van der Waals surface area contributed by atoms with Gasteiger partial charge in [-0.15, -0.1) is 0 Å². The molecule has 3 rings (SSSR count). The lowest BCUT2D eigenvalue weighted by Gasteiger charge is -2.19. The number of benzene rings is 3. The van der Waals surface area contributed by atoms with E-state index in [1.807, 2.05) is 67.6 Å². The summed E-state index contributed by atoms with van der Waals surface area (Å²) in [7, 11) is 3.21. The van der Waals surface area contributed by atoms with Gasteiger partial charge < -0.3 is 19.9 Å². The van der Waals surface area contributed by atoms with Crippen LogP contribution in [0, 0.1) is 6.92 Å². The summed E-state index contributed by atoms with van der Waals surface area (Å²) in [6.45, 7) is 2.49. The molecule has 0 fully saturated rings. The molecule has 31 heavy (non-hydrogen) atoms. The van der Waals surface area contributed by atoms with Crippen molar-refractivity contribution in [2.75, 3.05) is 20.8 Å². The van der Waals surface area contributed by atoms with E-state index in [4.69, 9.17) is 9.47 Å². The lowest BCUT2D eigenvalue weighted by Crippen LogP contribution is -2.27. The largest absolute Gasteiger partial charge is 0.508 e. The molecule has 3 aromatic carbocycles. The number of carbonyl (C=O) groups is 1. The second-order valence-electron chi connectivity index (χ2n) is 7.52. The van der Waals surface area contributed by atoms with E-state index in [0.717, 1.165) is 22.3 Å². The van der Waals surface area contributed by atoms with Gasteiger partial charge in [0.25, 0.3) is 0 Å². The molecule has 0 aliphatic heterocycles. The van der Waals surface area contributed by atoms with Gasteiger partial charge in [-0.05, 0) is 42.7 Å². The van der Waals surface area contributed by atoms with E-state index in [0.29, 0.717) is 24.5 Å². The number of rotatable bonds is 9. The maximum absolute atomic E-state index is 12.8. The van der Waals surface area contributed by atoms with Crippen molar-refractivity contribution in [2.45, 2.75) is 25.7 Å². The molecule has 3 aromatic rings. The van der Waals surface area contributed by atoms with Crippen LogP contribution < -0.4 is 14.8 Å². The van der Waals surface area contributed by atoms with Gasteiger partial charge in [0, 0.05) is 24.4 Å². The Morgan fingerprint density at radius 3 is 2.42 bits per heavy atom. The fourth-order valence-corrected chi connectivity index (χ4v) is 3.69. The zero-order valence-electron chi connectivity index (χ0n) is 18.2. The minimum absolute atomic E-state index is 0.0600. The molecule has 0 saturated carbocycles. The summed E-state index contributed by atoms with van der Waals surface area (Å²) < 4.78 is 10.6. The number of nitrogens with one attached hydrogen (secondary N) is 1. The number of hydrogen-bond donors (Lipinski definition) is 2. The number of hydrogen-bond acceptors (Lipinski definition) is 4. The van der Waals surface area contributed by atoms with Crippen LogP contribution in [0.3, 0.4) is 0 Å². The molecule has 1 amide bonds. The average Bonchev–Trinajstić information content (AvgIpc) is 2.79.